The average molecular weight is 316 g/mol. The largest absolute Gasteiger partial charge is 0.492 e. The molecule has 0 aliphatic heterocycles. The minimum Gasteiger partial charge on any atom is -0.492 e. The molecule has 0 aromatic heterocycles. The number of benzene rings is 1. The van der Waals surface area contributed by atoms with Crippen LogP contribution >= 0.6 is 11.8 Å². The Kier molecular flexibility index (Phi) is 4.95. The first kappa shape index (κ1) is 15.6. The van der Waals surface area contributed by atoms with E-state index in [-0.39, 0.29) is 9.64 Å². The van der Waals surface area contributed by atoms with Crippen LogP contribution < -0.4 is 15.2 Å². The molecule has 1 aromatic rings. The molecule has 112 valence electrons. The topological polar surface area (TPSA) is 81.4 Å². The first-order chi connectivity index (χ1) is 9.51. The fourth-order valence-electron chi connectivity index (χ4n) is 1.79. The Balaban J connectivity index is 1.98. The van der Waals surface area contributed by atoms with Crippen molar-refractivity contribution >= 4 is 21.8 Å². The molecule has 1 aliphatic carbocycles. The van der Waals surface area contributed by atoms with Crippen LogP contribution in [0.15, 0.2) is 29.2 Å². The zero-order valence-electron chi connectivity index (χ0n) is 11.5. The lowest BCUT2D eigenvalue weighted by atomic mass is 10.3. The van der Waals surface area contributed by atoms with E-state index in [2.05, 4.69) is 4.72 Å². The SMILES string of the molecule is CSC1(CNS(=O)(=O)c2ccc(OCCN)cc2)CC1. The third-order valence-electron chi connectivity index (χ3n) is 3.35. The second-order valence-corrected chi connectivity index (χ2v) is 7.86. The van der Waals surface area contributed by atoms with Gasteiger partial charge in [-0.1, -0.05) is 0 Å². The van der Waals surface area contributed by atoms with Crippen molar-refractivity contribution in [2.75, 3.05) is 26.0 Å². The summed E-state index contributed by atoms with van der Waals surface area (Å²) >= 11 is 1.73. The van der Waals surface area contributed by atoms with Crippen molar-refractivity contribution in [3.05, 3.63) is 24.3 Å². The van der Waals surface area contributed by atoms with Gasteiger partial charge in [-0.3, -0.25) is 0 Å². The highest BCUT2D eigenvalue weighted by Crippen LogP contribution is 2.46. The van der Waals surface area contributed by atoms with Gasteiger partial charge in [-0.15, -0.1) is 0 Å². The van der Waals surface area contributed by atoms with Crippen LogP contribution in [0, 0.1) is 0 Å². The Hall–Kier alpha value is -0.760. The maximum Gasteiger partial charge on any atom is 0.240 e. The zero-order chi connectivity index (χ0) is 14.6. The lowest BCUT2D eigenvalue weighted by Gasteiger charge is -2.13. The van der Waals surface area contributed by atoms with E-state index in [1.54, 1.807) is 36.0 Å². The molecule has 0 heterocycles. The van der Waals surface area contributed by atoms with Crippen molar-refractivity contribution in [2.45, 2.75) is 22.5 Å². The van der Waals surface area contributed by atoms with Gasteiger partial charge >= 0.3 is 0 Å². The molecule has 0 radical (unpaired) electrons. The van der Waals surface area contributed by atoms with Gasteiger partial charge < -0.3 is 10.5 Å². The van der Waals surface area contributed by atoms with Crippen LogP contribution in [0.5, 0.6) is 5.75 Å². The molecule has 2 rings (SSSR count). The number of rotatable bonds is 8. The van der Waals surface area contributed by atoms with Gasteiger partial charge in [0.25, 0.3) is 0 Å². The summed E-state index contributed by atoms with van der Waals surface area (Å²) in [5, 5.41) is 0. The predicted molar refractivity (Wildman–Crippen MR) is 81.7 cm³/mol. The van der Waals surface area contributed by atoms with E-state index in [1.165, 1.54) is 0 Å². The molecule has 20 heavy (non-hydrogen) atoms. The van der Waals surface area contributed by atoms with Gasteiger partial charge in [0.2, 0.25) is 10.0 Å². The monoisotopic (exact) mass is 316 g/mol. The van der Waals surface area contributed by atoms with Gasteiger partial charge in [-0.05, 0) is 43.4 Å². The number of thioether (sulfide) groups is 1. The first-order valence-corrected chi connectivity index (χ1v) is 9.20. The molecule has 1 aliphatic rings. The molecule has 5 nitrogen and oxygen atoms in total. The van der Waals surface area contributed by atoms with Crippen LogP contribution in [0.2, 0.25) is 0 Å². The standard InChI is InChI=1S/C13H20N2O3S2/c1-19-13(6-7-13)10-15-20(16,17)12-4-2-11(3-5-12)18-9-8-14/h2-5,15H,6-10,14H2,1H3. The molecule has 0 unspecified atom stereocenters. The molecule has 1 fully saturated rings. The molecule has 1 aromatic carbocycles. The van der Waals surface area contributed by atoms with Crippen molar-refractivity contribution in [1.82, 2.24) is 4.72 Å². The summed E-state index contributed by atoms with van der Waals surface area (Å²) in [5.74, 6) is 0.622. The summed E-state index contributed by atoms with van der Waals surface area (Å²) in [4.78, 5) is 0.259. The highest BCUT2D eigenvalue weighted by atomic mass is 32.2. The maximum atomic E-state index is 12.2. The van der Waals surface area contributed by atoms with E-state index in [0.717, 1.165) is 12.8 Å². The van der Waals surface area contributed by atoms with E-state index in [4.69, 9.17) is 10.5 Å². The third-order valence-corrected chi connectivity index (χ3v) is 6.18. The van der Waals surface area contributed by atoms with Crippen LogP contribution in [0.4, 0.5) is 0 Å². The summed E-state index contributed by atoms with van der Waals surface area (Å²) in [6.07, 6.45) is 4.16. The van der Waals surface area contributed by atoms with Crippen molar-refractivity contribution < 1.29 is 13.2 Å². The number of sulfonamides is 1. The molecule has 0 saturated heterocycles. The molecule has 1 saturated carbocycles. The average Bonchev–Trinajstić information content (AvgIpc) is 3.24. The molecule has 3 N–H and O–H groups in total. The summed E-state index contributed by atoms with van der Waals surface area (Å²) in [6.45, 7) is 1.33. The van der Waals surface area contributed by atoms with Crippen LogP contribution in [-0.4, -0.2) is 39.1 Å². The van der Waals surface area contributed by atoms with Crippen molar-refractivity contribution in [3.8, 4) is 5.75 Å². The van der Waals surface area contributed by atoms with E-state index in [9.17, 15) is 8.42 Å². The van der Waals surface area contributed by atoms with Crippen molar-refractivity contribution in [2.24, 2.45) is 5.73 Å². The summed E-state index contributed by atoms with van der Waals surface area (Å²) < 4.78 is 32.4. The highest BCUT2D eigenvalue weighted by Gasteiger charge is 2.42. The van der Waals surface area contributed by atoms with Crippen LogP contribution in [-0.2, 0) is 10.0 Å². The molecule has 0 bridgehead atoms. The zero-order valence-corrected chi connectivity index (χ0v) is 13.1. The molecular formula is C13H20N2O3S2. The smallest absolute Gasteiger partial charge is 0.240 e. The second kappa shape index (κ2) is 6.34. The van der Waals surface area contributed by atoms with E-state index in [1.807, 2.05) is 6.26 Å². The Labute approximate surface area is 124 Å². The minimum atomic E-state index is -3.44. The molecule has 0 amide bonds. The molecular weight excluding hydrogens is 296 g/mol. The van der Waals surface area contributed by atoms with Crippen molar-refractivity contribution in [1.29, 1.82) is 0 Å². The Morgan fingerprint density at radius 2 is 2.00 bits per heavy atom. The molecule has 0 spiro atoms. The Morgan fingerprint density at radius 3 is 2.50 bits per heavy atom. The van der Waals surface area contributed by atoms with Crippen LogP contribution in [0.25, 0.3) is 0 Å². The van der Waals surface area contributed by atoms with E-state index >= 15 is 0 Å². The summed E-state index contributed by atoms with van der Waals surface area (Å²) in [7, 11) is -3.44. The lowest BCUT2D eigenvalue weighted by molar-refractivity contribution is 0.328. The van der Waals surface area contributed by atoms with Crippen molar-refractivity contribution in [3.63, 3.8) is 0 Å². The number of nitrogens with one attached hydrogen (secondary N) is 1. The normalized spacial score (nSPS) is 16.9. The fraction of sp³-hybridized carbons (Fsp3) is 0.538. The fourth-order valence-corrected chi connectivity index (χ4v) is 3.74. The minimum absolute atomic E-state index is 0.108. The van der Waals surface area contributed by atoms with Gasteiger partial charge in [0.05, 0.1) is 4.90 Å². The van der Waals surface area contributed by atoms with E-state index in [0.29, 0.717) is 25.4 Å². The lowest BCUT2D eigenvalue weighted by Crippen LogP contribution is -2.31. The number of hydrogen-bond donors (Lipinski definition) is 2. The van der Waals surface area contributed by atoms with Gasteiger partial charge in [-0.25, -0.2) is 13.1 Å². The summed E-state index contributed by atoms with van der Waals surface area (Å²) in [5.41, 5.74) is 5.34. The number of nitrogens with two attached hydrogens (primary N) is 1. The first-order valence-electron chi connectivity index (χ1n) is 6.49. The Morgan fingerprint density at radius 1 is 1.35 bits per heavy atom. The summed E-state index contributed by atoms with van der Waals surface area (Å²) in [6, 6.07) is 6.39. The molecule has 0 atom stereocenters. The maximum absolute atomic E-state index is 12.2. The van der Waals surface area contributed by atoms with Gasteiger partial charge in [0, 0.05) is 17.8 Å². The third kappa shape index (κ3) is 3.88. The van der Waals surface area contributed by atoms with Gasteiger partial charge in [-0.2, -0.15) is 11.8 Å². The predicted octanol–water partition coefficient (Wildman–Crippen LogP) is 1.20. The highest BCUT2D eigenvalue weighted by molar-refractivity contribution is 8.00. The quantitative estimate of drug-likeness (QED) is 0.753. The number of ether oxygens (including phenoxy) is 1. The van der Waals surface area contributed by atoms with Gasteiger partial charge in [0.15, 0.2) is 0 Å². The Bertz CT molecular complexity index is 539. The van der Waals surface area contributed by atoms with E-state index < -0.39 is 10.0 Å². The van der Waals surface area contributed by atoms with Gasteiger partial charge in [0.1, 0.15) is 12.4 Å². The van der Waals surface area contributed by atoms with Crippen LogP contribution in [0.3, 0.4) is 0 Å². The molecule has 7 heteroatoms. The number of hydrogen-bond acceptors (Lipinski definition) is 5. The second-order valence-electron chi connectivity index (χ2n) is 4.82. The van der Waals surface area contributed by atoms with Crippen LogP contribution in [0.1, 0.15) is 12.8 Å².